The summed E-state index contributed by atoms with van der Waals surface area (Å²) in [6, 6.07) is 3.87. The number of hydrogen-bond acceptors (Lipinski definition) is 13. The van der Waals surface area contributed by atoms with Gasteiger partial charge in [-0.15, -0.1) is 0 Å². The van der Waals surface area contributed by atoms with E-state index in [1.54, 1.807) is 18.2 Å². The van der Waals surface area contributed by atoms with Crippen molar-refractivity contribution in [3.63, 3.8) is 0 Å². The molecule has 7 aliphatic heterocycles. The first-order valence-electron chi connectivity index (χ1n) is 23.0. The largest absolute Gasteiger partial charge is 0.365 e. The Balaban J connectivity index is 0.715. The number of amides is 5. The highest BCUT2D eigenvalue weighted by molar-refractivity contribution is 6.26. The van der Waals surface area contributed by atoms with Crippen LogP contribution in [0.25, 0.3) is 0 Å². The van der Waals surface area contributed by atoms with E-state index < -0.39 is 29.7 Å². The lowest BCUT2D eigenvalue weighted by atomic mass is 9.90. The van der Waals surface area contributed by atoms with E-state index in [9.17, 15) is 24.0 Å². The minimum absolute atomic E-state index is 0.0585. The van der Waals surface area contributed by atoms with Crippen LogP contribution in [0, 0.1) is 17.2 Å². The number of piperazine rings is 1. The summed E-state index contributed by atoms with van der Waals surface area (Å²) < 4.78 is 0. The summed E-state index contributed by atoms with van der Waals surface area (Å²) in [5, 5.41) is 25.1. The molecule has 4 N–H and O–H groups in total. The van der Waals surface area contributed by atoms with Gasteiger partial charge in [0.25, 0.3) is 11.8 Å². The Labute approximate surface area is 364 Å². The molecule has 3 fully saturated rings. The van der Waals surface area contributed by atoms with Gasteiger partial charge in [0.15, 0.2) is 0 Å². The van der Waals surface area contributed by atoms with Crippen LogP contribution in [0.2, 0.25) is 0 Å². The summed E-state index contributed by atoms with van der Waals surface area (Å²) in [5.41, 5.74) is 2.84. The number of aliphatic imine (C=N–C) groups is 1. The van der Waals surface area contributed by atoms with Crippen molar-refractivity contribution in [1.29, 1.82) is 5.41 Å². The Kier molecular flexibility index (Phi) is 12.9. The number of likely N-dealkylation sites (tertiary alicyclic amines) is 1. The number of nitrogens with zero attached hydrogens (tertiary/aromatic N) is 7. The van der Waals surface area contributed by atoms with E-state index in [1.807, 2.05) is 0 Å². The third kappa shape index (κ3) is 8.80. The number of rotatable bonds is 14. The highest BCUT2D eigenvalue weighted by Crippen LogP contribution is 2.41. The van der Waals surface area contributed by atoms with Crippen molar-refractivity contribution in [3.8, 4) is 0 Å². The van der Waals surface area contributed by atoms with Gasteiger partial charge in [0.05, 0.1) is 23.4 Å². The molecule has 0 aliphatic carbocycles. The maximum Gasteiger partial charge on any atom is 0.262 e. The van der Waals surface area contributed by atoms with Gasteiger partial charge in [0, 0.05) is 88.0 Å². The van der Waals surface area contributed by atoms with E-state index in [0.717, 1.165) is 113 Å². The van der Waals surface area contributed by atoms with Gasteiger partial charge in [-0.3, -0.25) is 39.1 Å². The predicted octanol–water partition coefficient (Wildman–Crippen LogP) is 4.15. The van der Waals surface area contributed by atoms with Crippen LogP contribution in [0.5, 0.6) is 0 Å². The van der Waals surface area contributed by atoms with E-state index in [0.29, 0.717) is 36.9 Å². The van der Waals surface area contributed by atoms with Crippen LogP contribution in [-0.2, 0) is 14.4 Å². The summed E-state index contributed by atoms with van der Waals surface area (Å²) >= 11 is 0. The number of imide groups is 2. The Bertz CT molecular complexity index is 2100. The second-order valence-corrected chi connectivity index (χ2v) is 18.3. The number of hydrazone groups is 1. The van der Waals surface area contributed by atoms with Crippen LogP contribution in [-0.4, -0.2) is 136 Å². The number of unbranched alkanes of at least 4 members (excludes halogenated alkanes) is 5. The molecule has 1 aromatic carbocycles. The van der Waals surface area contributed by atoms with Gasteiger partial charge in [0.1, 0.15) is 29.1 Å². The molecular formula is C46H63N11O5. The van der Waals surface area contributed by atoms with E-state index in [-0.39, 0.29) is 41.3 Å². The van der Waals surface area contributed by atoms with Gasteiger partial charge >= 0.3 is 0 Å². The minimum Gasteiger partial charge on any atom is -0.365 e. The first kappa shape index (κ1) is 43.3. The molecule has 16 heteroatoms. The Morgan fingerprint density at radius 1 is 0.935 bits per heavy atom. The fraction of sp³-hybridized carbons (Fsp3) is 0.609. The summed E-state index contributed by atoms with van der Waals surface area (Å²) in [7, 11) is 0. The van der Waals surface area contributed by atoms with Crippen LogP contribution in [0.3, 0.4) is 0 Å². The van der Waals surface area contributed by atoms with Crippen molar-refractivity contribution >= 4 is 46.9 Å². The Hall–Kier alpha value is -5.38. The number of piperidine rings is 1. The topological polar surface area (TPSA) is 186 Å². The summed E-state index contributed by atoms with van der Waals surface area (Å²) in [6.07, 6.45) is 15.0. The van der Waals surface area contributed by atoms with E-state index >= 15 is 0 Å². The molecule has 5 amide bonds. The Morgan fingerprint density at radius 3 is 2.44 bits per heavy atom. The van der Waals surface area contributed by atoms with Gasteiger partial charge in [-0.05, 0) is 57.9 Å². The number of amidine groups is 2. The molecule has 4 atom stereocenters. The van der Waals surface area contributed by atoms with Crippen LogP contribution >= 0.6 is 0 Å². The number of allylic oxidation sites excluding steroid dienone is 1. The standard InChI is InChI=1S/C46H63N11O5/c1-30-16-17-35(37-28-49-46(3)31(2)27-38(52-57(37)46)54-21-10-11-22-54)50-42(30)55-25-23-53(24-26-55)29-40(59)48-20-9-7-5-4-6-8-15-34(47)32-13-12-14-33-41(32)45(62)56(44(33)61)36-18-19-39(58)51-43(36)60/h12-14,17,28,30-31,36,47,49H,4-11,15-16,18-27,29H2,1-3H3,(H,48,59)(H,51,58,60). The van der Waals surface area contributed by atoms with Crippen molar-refractivity contribution in [2.24, 2.45) is 21.9 Å². The van der Waals surface area contributed by atoms with Gasteiger partial charge < -0.3 is 25.8 Å². The second-order valence-electron chi connectivity index (χ2n) is 18.3. The van der Waals surface area contributed by atoms with Crippen molar-refractivity contribution in [1.82, 2.24) is 40.6 Å². The van der Waals surface area contributed by atoms with Crippen molar-refractivity contribution in [2.45, 2.75) is 116 Å². The Morgan fingerprint density at radius 2 is 1.68 bits per heavy atom. The normalized spacial score (nSPS) is 26.4. The van der Waals surface area contributed by atoms with Crippen molar-refractivity contribution in [3.05, 3.63) is 58.6 Å². The van der Waals surface area contributed by atoms with Gasteiger partial charge in [0.2, 0.25) is 17.7 Å². The zero-order valence-electron chi connectivity index (χ0n) is 36.6. The maximum absolute atomic E-state index is 13.4. The first-order valence-corrected chi connectivity index (χ1v) is 23.0. The lowest BCUT2D eigenvalue weighted by molar-refractivity contribution is -0.136. The summed E-state index contributed by atoms with van der Waals surface area (Å²) in [6.45, 7) is 13.3. The van der Waals surface area contributed by atoms with Crippen LogP contribution in [0.1, 0.15) is 131 Å². The van der Waals surface area contributed by atoms with Gasteiger partial charge in [-0.25, -0.2) is 10.0 Å². The molecule has 7 heterocycles. The zero-order chi connectivity index (χ0) is 43.5. The maximum atomic E-state index is 13.4. The van der Waals surface area contributed by atoms with E-state index in [2.05, 4.69) is 68.7 Å². The molecule has 62 heavy (non-hydrogen) atoms. The van der Waals surface area contributed by atoms with Crippen molar-refractivity contribution < 1.29 is 24.0 Å². The van der Waals surface area contributed by atoms with Crippen molar-refractivity contribution in [2.75, 3.05) is 52.4 Å². The molecule has 8 rings (SSSR count). The molecule has 0 bridgehead atoms. The fourth-order valence-electron chi connectivity index (χ4n) is 9.95. The lowest BCUT2D eigenvalue weighted by Gasteiger charge is -2.45. The number of carbonyl (C=O) groups is 5. The molecule has 0 aromatic heterocycles. The molecule has 3 saturated heterocycles. The van der Waals surface area contributed by atoms with E-state index in [4.69, 9.17) is 15.5 Å². The molecule has 16 nitrogen and oxygen atoms in total. The monoisotopic (exact) mass is 850 g/mol. The average molecular weight is 850 g/mol. The smallest absolute Gasteiger partial charge is 0.262 e. The molecule has 332 valence electrons. The molecule has 0 radical (unpaired) electrons. The predicted molar refractivity (Wildman–Crippen MR) is 236 cm³/mol. The minimum atomic E-state index is -1.03. The lowest BCUT2D eigenvalue weighted by Crippen LogP contribution is -2.57. The molecule has 4 unspecified atom stereocenters. The molecule has 0 saturated carbocycles. The highest BCUT2D eigenvalue weighted by atomic mass is 16.2. The average Bonchev–Trinajstić information content (AvgIpc) is 3.98. The third-order valence-electron chi connectivity index (χ3n) is 13.9. The van der Waals surface area contributed by atoms with E-state index in [1.165, 1.54) is 18.7 Å². The SMILES string of the molecule is CC1CC=C(C2=CNC3(C)C(C)CC(N4CCCC4)=NN23)N=C1N1CCN(CC(=O)NCCCCCCCCC(=N)c2cccc3c2C(=O)N(C2CCC(=O)NC2=O)C3=O)CC1. The number of hydrogen-bond donors (Lipinski definition) is 4. The second kappa shape index (κ2) is 18.5. The quantitative estimate of drug-likeness (QED) is 0.120. The van der Waals surface area contributed by atoms with Crippen LogP contribution < -0.4 is 16.0 Å². The third-order valence-corrected chi connectivity index (χ3v) is 13.9. The highest BCUT2D eigenvalue weighted by Gasteiger charge is 2.48. The molecule has 0 spiro atoms. The molecule has 1 aromatic rings. The summed E-state index contributed by atoms with van der Waals surface area (Å²) in [4.78, 5) is 76.8. The number of carbonyl (C=O) groups excluding carboxylic acids is 5. The van der Waals surface area contributed by atoms with Crippen LogP contribution in [0.4, 0.5) is 0 Å². The number of benzene rings is 1. The van der Waals surface area contributed by atoms with Gasteiger partial charge in [-0.1, -0.05) is 57.7 Å². The fourth-order valence-corrected chi connectivity index (χ4v) is 9.95. The molecular weight excluding hydrogens is 787 g/mol. The number of nitrogens with one attached hydrogen (secondary N) is 4. The zero-order valence-corrected chi connectivity index (χ0v) is 36.6. The number of fused-ring (bicyclic) bond motifs is 2. The summed E-state index contributed by atoms with van der Waals surface area (Å²) in [5.74, 6) is 0.889. The van der Waals surface area contributed by atoms with Gasteiger partial charge in [-0.2, -0.15) is 5.10 Å². The first-order chi connectivity index (χ1) is 29.9. The van der Waals surface area contributed by atoms with Crippen LogP contribution in [0.15, 0.2) is 52.0 Å². The molecule has 7 aliphatic rings.